The van der Waals surface area contributed by atoms with Crippen molar-refractivity contribution in [3.05, 3.63) is 0 Å². The molecule has 3 unspecified atom stereocenters. The third-order valence-corrected chi connectivity index (χ3v) is 4.96. The fourth-order valence-electron chi connectivity index (χ4n) is 3.67. The van der Waals surface area contributed by atoms with Crippen LogP contribution >= 0.6 is 0 Å². The summed E-state index contributed by atoms with van der Waals surface area (Å²) in [5.74, 6) is 0.432. The molecule has 0 radical (unpaired) electrons. The van der Waals surface area contributed by atoms with E-state index in [0.717, 1.165) is 45.3 Å². The van der Waals surface area contributed by atoms with Crippen molar-refractivity contribution < 1.29 is 9.90 Å². The zero-order valence-electron chi connectivity index (χ0n) is 13.3. The van der Waals surface area contributed by atoms with Crippen LogP contribution in [-0.4, -0.2) is 54.4 Å². The normalized spacial score (nSPS) is 30.9. The number of likely N-dealkylation sites (tertiary alicyclic amines) is 1. The maximum atomic E-state index is 11.9. The lowest BCUT2D eigenvalue weighted by Gasteiger charge is -2.35. The number of urea groups is 1. The molecule has 0 aromatic heterocycles. The Balaban J connectivity index is 1.62. The number of nitrogens with one attached hydrogen (secondary N) is 2. The number of carbonyl (C=O) groups is 1. The number of aliphatic hydroxyl groups is 1. The number of amides is 2. The zero-order valence-corrected chi connectivity index (χ0v) is 13.3. The highest BCUT2D eigenvalue weighted by atomic mass is 16.3. The fraction of sp³-hybridized carbons (Fsp3) is 0.938. The Labute approximate surface area is 128 Å². The standard InChI is InChI=1S/C16H31N3O2/c1-2-19-9-4-3-7-14(19)12-18-16(21)17-11-13-6-5-8-15(20)10-13/h13-15,20H,2-12H2,1H3,(H2,17,18,21). The van der Waals surface area contributed by atoms with Crippen LogP contribution < -0.4 is 10.6 Å². The first kappa shape index (κ1) is 16.6. The first-order valence-corrected chi connectivity index (χ1v) is 8.62. The minimum Gasteiger partial charge on any atom is -0.393 e. The third-order valence-electron chi connectivity index (χ3n) is 4.96. The Morgan fingerprint density at radius 2 is 1.95 bits per heavy atom. The van der Waals surface area contributed by atoms with Gasteiger partial charge in [-0.15, -0.1) is 0 Å². The number of rotatable bonds is 5. The number of nitrogens with zero attached hydrogens (tertiary/aromatic N) is 1. The summed E-state index contributed by atoms with van der Waals surface area (Å²) in [5, 5.41) is 15.6. The third kappa shape index (κ3) is 5.47. The summed E-state index contributed by atoms with van der Waals surface area (Å²) in [6.45, 7) is 5.84. The molecule has 3 atom stereocenters. The van der Waals surface area contributed by atoms with Crippen LogP contribution in [0.1, 0.15) is 51.9 Å². The van der Waals surface area contributed by atoms with Gasteiger partial charge in [0.15, 0.2) is 0 Å². The lowest BCUT2D eigenvalue weighted by atomic mass is 9.87. The van der Waals surface area contributed by atoms with Crippen molar-refractivity contribution in [3.63, 3.8) is 0 Å². The van der Waals surface area contributed by atoms with Crippen LogP contribution in [0.5, 0.6) is 0 Å². The van der Waals surface area contributed by atoms with Gasteiger partial charge >= 0.3 is 6.03 Å². The Hall–Kier alpha value is -0.810. The first-order chi connectivity index (χ1) is 10.2. The predicted molar refractivity (Wildman–Crippen MR) is 84.3 cm³/mol. The van der Waals surface area contributed by atoms with Crippen molar-refractivity contribution in [2.75, 3.05) is 26.2 Å². The minimum atomic E-state index is -0.172. The Morgan fingerprint density at radius 3 is 2.71 bits per heavy atom. The van der Waals surface area contributed by atoms with Crippen LogP contribution in [0.2, 0.25) is 0 Å². The van der Waals surface area contributed by atoms with E-state index in [1.54, 1.807) is 0 Å². The van der Waals surface area contributed by atoms with Crippen LogP contribution in [0, 0.1) is 5.92 Å². The van der Waals surface area contributed by atoms with Gasteiger partial charge in [0, 0.05) is 19.1 Å². The van der Waals surface area contributed by atoms with Gasteiger partial charge in [-0.25, -0.2) is 4.79 Å². The van der Waals surface area contributed by atoms with Crippen LogP contribution in [0.25, 0.3) is 0 Å². The first-order valence-electron chi connectivity index (χ1n) is 8.62. The van der Waals surface area contributed by atoms with E-state index < -0.39 is 0 Å². The average molecular weight is 297 g/mol. The molecular weight excluding hydrogens is 266 g/mol. The fourth-order valence-corrected chi connectivity index (χ4v) is 3.67. The number of aliphatic hydroxyl groups excluding tert-OH is 1. The second-order valence-electron chi connectivity index (χ2n) is 6.56. The van der Waals surface area contributed by atoms with Crippen molar-refractivity contribution in [2.45, 2.75) is 64.0 Å². The molecule has 0 aromatic rings. The molecule has 2 amide bonds. The summed E-state index contributed by atoms with van der Waals surface area (Å²) in [5.41, 5.74) is 0. The molecule has 21 heavy (non-hydrogen) atoms. The second kappa shape index (κ2) is 8.59. The van der Waals surface area contributed by atoms with Gasteiger partial charge in [0.1, 0.15) is 0 Å². The summed E-state index contributed by atoms with van der Waals surface area (Å²) >= 11 is 0. The van der Waals surface area contributed by atoms with Crippen LogP contribution in [0.15, 0.2) is 0 Å². The molecule has 0 spiro atoms. The highest BCUT2D eigenvalue weighted by Crippen LogP contribution is 2.23. The molecule has 1 saturated heterocycles. The Bertz CT molecular complexity index is 325. The van der Waals surface area contributed by atoms with Gasteiger partial charge in [-0.3, -0.25) is 4.90 Å². The highest BCUT2D eigenvalue weighted by molar-refractivity contribution is 5.73. The maximum absolute atomic E-state index is 11.9. The van der Waals surface area contributed by atoms with Gasteiger partial charge in [0.2, 0.25) is 0 Å². The molecule has 3 N–H and O–H groups in total. The quantitative estimate of drug-likeness (QED) is 0.724. The molecule has 0 aromatic carbocycles. The molecule has 5 heteroatoms. The summed E-state index contributed by atoms with van der Waals surface area (Å²) < 4.78 is 0. The monoisotopic (exact) mass is 297 g/mol. The largest absolute Gasteiger partial charge is 0.393 e. The average Bonchev–Trinajstić information content (AvgIpc) is 2.51. The lowest BCUT2D eigenvalue weighted by Crippen LogP contribution is -2.49. The zero-order chi connectivity index (χ0) is 15.1. The molecule has 1 aliphatic carbocycles. The topological polar surface area (TPSA) is 64.6 Å². The second-order valence-corrected chi connectivity index (χ2v) is 6.56. The van der Waals surface area contributed by atoms with Crippen molar-refractivity contribution in [3.8, 4) is 0 Å². The molecule has 0 bridgehead atoms. The van der Waals surface area contributed by atoms with E-state index in [9.17, 15) is 9.90 Å². The van der Waals surface area contributed by atoms with Gasteiger partial charge in [0.05, 0.1) is 6.10 Å². The number of hydrogen-bond acceptors (Lipinski definition) is 3. The van der Waals surface area contributed by atoms with E-state index >= 15 is 0 Å². The molecule has 122 valence electrons. The highest BCUT2D eigenvalue weighted by Gasteiger charge is 2.22. The van der Waals surface area contributed by atoms with Crippen LogP contribution in [0.4, 0.5) is 4.79 Å². The summed E-state index contributed by atoms with van der Waals surface area (Å²) in [6.07, 6.45) is 7.48. The number of piperidine rings is 1. The summed E-state index contributed by atoms with van der Waals surface area (Å²) in [4.78, 5) is 14.4. The maximum Gasteiger partial charge on any atom is 0.314 e. The molecule has 1 aliphatic heterocycles. The van der Waals surface area contributed by atoms with Gasteiger partial charge in [-0.05, 0) is 51.1 Å². The molecule has 2 rings (SSSR count). The van der Waals surface area contributed by atoms with Crippen molar-refractivity contribution in [1.29, 1.82) is 0 Å². The molecule has 1 heterocycles. The summed E-state index contributed by atoms with van der Waals surface area (Å²) in [7, 11) is 0. The molecule has 2 fully saturated rings. The van der Waals surface area contributed by atoms with E-state index in [1.165, 1.54) is 19.3 Å². The smallest absolute Gasteiger partial charge is 0.314 e. The van der Waals surface area contributed by atoms with Gasteiger partial charge in [0.25, 0.3) is 0 Å². The molecule has 1 saturated carbocycles. The number of hydrogen-bond donors (Lipinski definition) is 3. The molecular formula is C16H31N3O2. The van der Waals surface area contributed by atoms with E-state index in [-0.39, 0.29) is 12.1 Å². The van der Waals surface area contributed by atoms with Crippen LogP contribution in [-0.2, 0) is 0 Å². The SMILES string of the molecule is CCN1CCCCC1CNC(=O)NCC1CCCC(O)C1. The number of carbonyl (C=O) groups excluding carboxylic acids is 1. The van der Waals surface area contributed by atoms with Crippen LogP contribution in [0.3, 0.4) is 0 Å². The van der Waals surface area contributed by atoms with Crippen molar-refractivity contribution in [1.82, 2.24) is 15.5 Å². The van der Waals surface area contributed by atoms with E-state index in [1.807, 2.05) is 0 Å². The van der Waals surface area contributed by atoms with Gasteiger partial charge in [-0.2, -0.15) is 0 Å². The summed E-state index contributed by atoms with van der Waals surface area (Å²) in [6, 6.07) is 0.433. The van der Waals surface area contributed by atoms with E-state index in [4.69, 9.17) is 0 Å². The minimum absolute atomic E-state index is 0.0586. The van der Waals surface area contributed by atoms with E-state index in [0.29, 0.717) is 18.5 Å². The Kier molecular flexibility index (Phi) is 6.77. The van der Waals surface area contributed by atoms with E-state index in [2.05, 4.69) is 22.5 Å². The van der Waals surface area contributed by atoms with Crippen molar-refractivity contribution >= 4 is 6.03 Å². The van der Waals surface area contributed by atoms with Gasteiger partial charge < -0.3 is 15.7 Å². The molecule has 2 aliphatic rings. The lowest BCUT2D eigenvalue weighted by molar-refractivity contribution is 0.101. The molecule has 5 nitrogen and oxygen atoms in total. The number of likely N-dealkylation sites (N-methyl/N-ethyl adjacent to an activating group) is 1. The van der Waals surface area contributed by atoms with Crippen molar-refractivity contribution in [2.24, 2.45) is 5.92 Å². The van der Waals surface area contributed by atoms with Gasteiger partial charge in [-0.1, -0.05) is 19.8 Å². The predicted octanol–water partition coefficient (Wildman–Crippen LogP) is 1.71. The Morgan fingerprint density at radius 1 is 1.14 bits per heavy atom.